The summed E-state index contributed by atoms with van der Waals surface area (Å²) in [7, 11) is 0. The molecule has 0 aromatic heterocycles. The van der Waals surface area contributed by atoms with E-state index in [4.69, 9.17) is 5.11 Å². The van der Waals surface area contributed by atoms with Crippen molar-refractivity contribution in [1.82, 2.24) is 4.90 Å². The molecule has 1 aromatic rings. The maximum Gasteiger partial charge on any atom is 0.238 e. The summed E-state index contributed by atoms with van der Waals surface area (Å²) in [6.07, 6.45) is 0. The third-order valence-electron chi connectivity index (χ3n) is 3.33. The Kier molecular flexibility index (Phi) is 6.68. The Bertz CT molecular complexity index is 413. The van der Waals surface area contributed by atoms with Gasteiger partial charge in [0.15, 0.2) is 0 Å². The van der Waals surface area contributed by atoms with Crippen LogP contribution in [0.5, 0.6) is 0 Å². The van der Waals surface area contributed by atoms with E-state index in [1.807, 2.05) is 43.0 Å². The largest absolute Gasteiger partial charge is 0.395 e. The van der Waals surface area contributed by atoms with Gasteiger partial charge in [0, 0.05) is 18.3 Å². The monoisotopic (exact) mass is 278 g/mol. The van der Waals surface area contributed by atoms with Crippen molar-refractivity contribution in [2.45, 2.75) is 39.7 Å². The first-order valence-corrected chi connectivity index (χ1v) is 7.18. The highest BCUT2D eigenvalue weighted by Crippen LogP contribution is 2.17. The van der Waals surface area contributed by atoms with Crippen molar-refractivity contribution in [1.29, 1.82) is 0 Å². The Balaban J connectivity index is 2.57. The van der Waals surface area contributed by atoms with Crippen LogP contribution in [0.3, 0.4) is 0 Å². The van der Waals surface area contributed by atoms with Crippen molar-refractivity contribution in [3.05, 3.63) is 29.8 Å². The number of aliphatic hydroxyl groups is 1. The van der Waals surface area contributed by atoms with Crippen LogP contribution in [0.4, 0.5) is 5.69 Å². The minimum absolute atomic E-state index is 0.0514. The van der Waals surface area contributed by atoms with Gasteiger partial charge in [-0.2, -0.15) is 0 Å². The lowest BCUT2D eigenvalue weighted by molar-refractivity contribution is -0.117. The topological polar surface area (TPSA) is 52.6 Å². The number of hydrogen-bond donors (Lipinski definition) is 2. The van der Waals surface area contributed by atoms with Crippen LogP contribution in [0.15, 0.2) is 24.3 Å². The smallest absolute Gasteiger partial charge is 0.238 e. The molecule has 0 bridgehead atoms. The Morgan fingerprint density at radius 2 is 1.80 bits per heavy atom. The number of amides is 1. The lowest BCUT2D eigenvalue weighted by Crippen LogP contribution is -2.39. The molecule has 1 amide bonds. The fourth-order valence-electron chi connectivity index (χ4n) is 1.98. The zero-order valence-corrected chi connectivity index (χ0v) is 12.9. The van der Waals surface area contributed by atoms with Gasteiger partial charge >= 0.3 is 0 Å². The SMILES string of the molecule is CC(C)c1ccc(NC(=O)CN(CCO)C(C)C)cc1. The van der Waals surface area contributed by atoms with Crippen molar-refractivity contribution in [2.24, 2.45) is 0 Å². The zero-order valence-electron chi connectivity index (χ0n) is 12.9. The number of hydrogen-bond acceptors (Lipinski definition) is 3. The molecule has 0 aliphatic rings. The fraction of sp³-hybridized carbons (Fsp3) is 0.562. The molecule has 1 aromatic carbocycles. The van der Waals surface area contributed by atoms with Crippen LogP contribution in [0.1, 0.15) is 39.2 Å². The molecule has 0 unspecified atom stereocenters. The normalized spacial score (nSPS) is 11.4. The quantitative estimate of drug-likeness (QED) is 0.805. The number of nitrogens with one attached hydrogen (secondary N) is 1. The Hall–Kier alpha value is -1.39. The van der Waals surface area contributed by atoms with E-state index in [0.29, 0.717) is 19.0 Å². The summed E-state index contributed by atoms with van der Waals surface area (Å²) >= 11 is 0. The lowest BCUT2D eigenvalue weighted by Gasteiger charge is -2.24. The maximum atomic E-state index is 12.0. The summed E-state index contributed by atoms with van der Waals surface area (Å²) in [4.78, 5) is 13.9. The number of aliphatic hydroxyl groups excluding tert-OH is 1. The zero-order chi connectivity index (χ0) is 15.1. The fourth-order valence-corrected chi connectivity index (χ4v) is 1.98. The third kappa shape index (κ3) is 5.31. The predicted molar refractivity (Wildman–Crippen MR) is 83.0 cm³/mol. The first kappa shape index (κ1) is 16.7. The molecular weight excluding hydrogens is 252 g/mol. The molecule has 0 fully saturated rings. The molecule has 4 nitrogen and oxygen atoms in total. The van der Waals surface area contributed by atoms with E-state index in [9.17, 15) is 4.79 Å². The van der Waals surface area contributed by atoms with Crippen LogP contribution >= 0.6 is 0 Å². The number of anilines is 1. The molecule has 112 valence electrons. The van der Waals surface area contributed by atoms with Gasteiger partial charge in [-0.3, -0.25) is 9.69 Å². The molecule has 0 saturated carbocycles. The van der Waals surface area contributed by atoms with Gasteiger partial charge < -0.3 is 10.4 Å². The number of carbonyl (C=O) groups excluding carboxylic acids is 1. The molecule has 0 aliphatic carbocycles. The van der Waals surface area contributed by atoms with E-state index < -0.39 is 0 Å². The number of carbonyl (C=O) groups is 1. The number of benzene rings is 1. The van der Waals surface area contributed by atoms with Crippen molar-refractivity contribution < 1.29 is 9.90 Å². The predicted octanol–water partition coefficient (Wildman–Crippen LogP) is 2.45. The van der Waals surface area contributed by atoms with Crippen LogP contribution < -0.4 is 5.32 Å². The summed E-state index contributed by atoms with van der Waals surface area (Å²) in [6, 6.07) is 8.16. The van der Waals surface area contributed by atoms with Gasteiger partial charge in [0.05, 0.1) is 13.2 Å². The van der Waals surface area contributed by atoms with Crippen LogP contribution in [0, 0.1) is 0 Å². The molecule has 20 heavy (non-hydrogen) atoms. The molecule has 0 radical (unpaired) electrons. The molecule has 2 N–H and O–H groups in total. The standard InChI is InChI=1S/C16H26N2O2/c1-12(2)14-5-7-15(8-6-14)17-16(20)11-18(9-10-19)13(3)4/h5-8,12-13,19H,9-11H2,1-4H3,(H,17,20). The number of nitrogens with zero attached hydrogens (tertiary/aromatic N) is 1. The Morgan fingerprint density at radius 1 is 1.20 bits per heavy atom. The van der Waals surface area contributed by atoms with E-state index in [1.54, 1.807) is 0 Å². The summed E-state index contributed by atoms with van der Waals surface area (Å²) < 4.78 is 0. The average Bonchev–Trinajstić information content (AvgIpc) is 2.38. The van der Waals surface area contributed by atoms with Gasteiger partial charge in [-0.25, -0.2) is 0 Å². The maximum absolute atomic E-state index is 12.0. The first-order valence-electron chi connectivity index (χ1n) is 7.18. The lowest BCUT2D eigenvalue weighted by atomic mass is 10.0. The summed E-state index contributed by atoms with van der Waals surface area (Å²) in [5.74, 6) is 0.435. The highest BCUT2D eigenvalue weighted by Gasteiger charge is 2.13. The first-order chi connectivity index (χ1) is 9.43. The van der Waals surface area contributed by atoms with Gasteiger partial charge in [-0.05, 0) is 37.5 Å². The minimum Gasteiger partial charge on any atom is -0.395 e. The molecule has 0 spiro atoms. The second kappa shape index (κ2) is 8.02. The van der Waals surface area contributed by atoms with Crippen LogP contribution in [-0.4, -0.2) is 41.7 Å². The second-order valence-electron chi connectivity index (χ2n) is 5.61. The van der Waals surface area contributed by atoms with Gasteiger partial charge in [-0.1, -0.05) is 26.0 Å². The van der Waals surface area contributed by atoms with E-state index >= 15 is 0 Å². The van der Waals surface area contributed by atoms with Crippen LogP contribution in [0.25, 0.3) is 0 Å². The van der Waals surface area contributed by atoms with Crippen molar-refractivity contribution in [2.75, 3.05) is 25.0 Å². The second-order valence-corrected chi connectivity index (χ2v) is 5.61. The highest BCUT2D eigenvalue weighted by atomic mass is 16.3. The van der Waals surface area contributed by atoms with Crippen molar-refractivity contribution in [3.63, 3.8) is 0 Å². The summed E-state index contributed by atoms with van der Waals surface area (Å²) in [6.45, 7) is 9.18. The van der Waals surface area contributed by atoms with E-state index in [2.05, 4.69) is 19.2 Å². The molecule has 1 rings (SSSR count). The minimum atomic E-state index is -0.0514. The molecule has 0 atom stereocenters. The van der Waals surface area contributed by atoms with Crippen molar-refractivity contribution in [3.8, 4) is 0 Å². The van der Waals surface area contributed by atoms with Crippen LogP contribution in [0.2, 0.25) is 0 Å². The third-order valence-corrected chi connectivity index (χ3v) is 3.33. The molecule has 0 aliphatic heterocycles. The average molecular weight is 278 g/mol. The van der Waals surface area contributed by atoms with Gasteiger partial charge in [0.1, 0.15) is 0 Å². The summed E-state index contributed by atoms with van der Waals surface area (Å²) in [5.41, 5.74) is 2.07. The Labute approximate surface area is 121 Å². The van der Waals surface area contributed by atoms with E-state index in [0.717, 1.165) is 5.69 Å². The molecule has 0 saturated heterocycles. The molecule has 0 heterocycles. The molecular formula is C16H26N2O2. The van der Waals surface area contributed by atoms with Gasteiger partial charge in [0.2, 0.25) is 5.91 Å². The number of rotatable bonds is 7. The van der Waals surface area contributed by atoms with E-state index in [1.165, 1.54) is 5.56 Å². The van der Waals surface area contributed by atoms with E-state index in [-0.39, 0.29) is 18.6 Å². The van der Waals surface area contributed by atoms with Gasteiger partial charge in [0.25, 0.3) is 0 Å². The van der Waals surface area contributed by atoms with Crippen LogP contribution in [-0.2, 0) is 4.79 Å². The van der Waals surface area contributed by atoms with Crippen molar-refractivity contribution >= 4 is 11.6 Å². The summed E-state index contributed by atoms with van der Waals surface area (Å²) in [5, 5.41) is 11.9. The molecule has 4 heteroatoms. The Morgan fingerprint density at radius 3 is 2.25 bits per heavy atom. The van der Waals surface area contributed by atoms with Gasteiger partial charge in [-0.15, -0.1) is 0 Å². The highest BCUT2D eigenvalue weighted by molar-refractivity contribution is 5.92.